The van der Waals surface area contributed by atoms with Gasteiger partial charge in [-0.3, -0.25) is 4.79 Å². The average Bonchev–Trinajstić information content (AvgIpc) is 3.33. The van der Waals surface area contributed by atoms with Crippen LogP contribution in [0.15, 0.2) is 48.7 Å². The molecular formula is C24H22N6O. The quantitative estimate of drug-likeness (QED) is 0.668. The number of benzene rings is 2. The maximum Gasteiger partial charge on any atom is 0.227 e. The summed E-state index contributed by atoms with van der Waals surface area (Å²) in [4.78, 5) is 22.9. The first-order chi connectivity index (χ1) is 15.2. The lowest BCUT2D eigenvalue weighted by Crippen LogP contribution is -2.18. The van der Waals surface area contributed by atoms with E-state index in [-0.39, 0.29) is 5.91 Å². The molecule has 3 aromatic rings. The molecule has 2 aromatic carbocycles. The molecule has 0 unspecified atom stereocenters. The van der Waals surface area contributed by atoms with E-state index in [1.165, 1.54) is 12.8 Å². The summed E-state index contributed by atoms with van der Waals surface area (Å²) in [6.45, 7) is 1.99. The SMILES string of the molecule is N#Cc1cc(-c2ccnc(Nc3ccc4c(c3)NC(=O)CC4)n2)ccc1N1CCCC1. The summed E-state index contributed by atoms with van der Waals surface area (Å²) in [5.41, 5.74) is 6.04. The second-order valence-corrected chi connectivity index (χ2v) is 7.85. The van der Waals surface area contributed by atoms with Gasteiger partial charge in [0.2, 0.25) is 11.9 Å². The van der Waals surface area contributed by atoms with Crippen molar-refractivity contribution >= 4 is 28.9 Å². The van der Waals surface area contributed by atoms with E-state index in [1.807, 2.05) is 42.5 Å². The van der Waals surface area contributed by atoms with Crippen LogP contribution < -0.4 is 15.5 Å². The molecule has 2 N–H and O–H groups in total. The number of hydrogen-bond donors (Lipinski definition) is 2. The third kappa shape index (κ3) is 3.92. The second kappa shape index (κ2) is 8.07. The number of fused-ring (bicyclic) bond motifs is 1. The molecule has 1 fully saturated rings. The first-order valence-electron chi connectivity index (χ1n) is 10.5. The topological polar surface area (TPSA) is 93.9 Å². The Morgan fingerprint density at radius 3 is 2.77 bits per heavy atom. The van der Waals surface area contributed by atoms with Gasteiger partial charge in [0.15, 0.2) is 0 Å². The van der Waals surface area contributed by atoms with E-state index in [0.29, 0.717) is 17.9 Å². The minimum atomic E-state index is 0.0357. The Labute approximate surface area is 180 Å². The number of amides is 1. The van der Waals surface area contributed by atoms with Crippen LogP contribution in [0.3, 0.4) is 0 Å². The van der Waals surface area contributed by atoms with Crippen LogP contribution in [-0.2, 0) is 11.2 Å². The lowest BCUT2D eigenvalue weighted by atomic mass is 10.0. The minimum Gasteiger partial charge on any atom is -0.370 e. The molecule has 0 saturated carbocycles. The van der Waals surface area contributed by atoms with E-state index >= 15 is 0 Å². The summed E-state index contributed by atoms with van der Waals surface area (Å²) in [6.07, 6.45) is 5.30. The van der Waals surface area contributed by atoms with Gasteiger partial charge in [-0.15, -0.1) is 0 Å². The first-order valence-corrected chi connectivity index (χ1v) is 10.5. The van der Waals surface area contributed by atoms with Gasteiger partial charge in [0.25, 0.3) is 0 Å². The molecule has 0 atom stereocenters. The van der Waals surface area contributed by atoms with Crippen LogP contribution in [0.4, 0.5) is 23.0 Å². The van der Waals surface area contributed by atoms with Crippen molar-refractivity contribution in [3.8, 4) is 17.3 Å². The molecule has 0 aliphatic carbocycles. The smallest absolute Gasteiger partial charge is 0.227 e. The van der Waals surface area contributed by atoms with Crippen molar-refractivity contribution in [1.82, 2.24) is 9.97 Å². The number of aromatic nitrogens is 2. The van der Waals surface area contributed by atoms with E-state index in [0.717, 1.165) is 53.4 Å². The van der Waals surface area contributed by atoms with Crippen molar-refractivity contribution in [2.24, 2.45) is 0 Å². The van der Waals surface area contributed by atoms with Gasteiger partial charge in [0.1, 0.15) is 6.07 Å². The van der Waals surface area contributed by atoms with Gasteiger partial charge in [-0.2, -0.15) is 5.26 Å². The highest BCUT2D eigenvalue weighted by Crippen LogP contribution is 2.30. The predicted molar refractivity (Wildman–Crippen MR) is 120 cm³/mol. The second-order valence-electron chi connectivity index (χ2n) is 7.85. The number of nitrogens with zero attached hydrogens (tertiary/aromatic N) is 4. The van der Waals surface area contributed by atoms with Crippen LogP contribution in [0.1, 0.15) is 30.4 Å². The maximum atomic E-state index is 11.7. The molecule has 0 radical (unpaired) electrons. The first kappa shape index (κ1) is 19.1. The maximum absolute atomic E-state index is 11.7. The van der Waals surface area contributed by atoms with Crippen LogP contribution in [0.5, 0.6) is 0 Å². The van der Waals surface area contributed by atoms with Gasteiger partial charge in [0.05, 0.1) is 16.9 Å². The van der Waals surface area contributed by atoms with Crippen molar-refractivity contribution in [1.29, 1.82) is 5.26 Å². The number of carbonyl (C=O) groups is 1. The Hall–Kier alpha value is -3.92. The van der Waals surface area contributed by atoms with Crippen LogP contribution in [0, 0.1) is 11.3 Å². The highest BCUT2D eigenvalue weighted by atomic mass is 16.1. The molecule has 7 heteroatoms. The lowest BCUT2D eigenvalue weighted by Gasteiger charge is -2.19. The summed E-state index contributed by atoms with van der Waals surface area (Å²) >= 11 is 0. The number of rotatable bonds is 4. The zero-order valence-corrected chi connectivity index (χ0v) is 17.1. The van der Waals surface area contributed by atoms with Crippen molar-refractivity contribution in [2.75, 3.05) is 28.6 Å². The minimum absolute atomic E-state index is 0.0357. The van der Waals surface area contributed by atoms with Crippen molar-refractivity contribution < 1.29 is 4.79 Å². The van der Waals surface area contributed by atoms with E-state index in [9.17, 15) is 10.1 Å². The summed E-state index contributed by atoms with van der Waals surface area (Å²) in [5.74, 6) is 0.496. The van der Waals surface area contributed by atoms with Crippen molar-refractivity contribution in [3.63, 3.8) is 0 Å². The molecule has 1 aromatic heterocycles. The molecule has 1 saturated heterocycles. The summed E-state index contributed by atoms with van der Waals surface area (Å²) in [6, 6.07) is 16.0. The summed E-state index contributed by atoms with van der Waals surface area (Å²) in [5, 5.41) is 15.8. The van der Waals surface area contributed by atoms with E-state index < -0.39 is 0 Å². The number of nitrogens with one attached hydrogen (secondary N) is 2. The number of hydrogen-bond acceptors (Lipinski definition) is 6. The Morgan fingerprint density at radius 2 is 1.94 bits per heavy atom. The fourth-order valence-corrected chi connectivity index (χ4v) is 4.18. The van der Waals surface area contributed by atoms with E-state index in [1.54, 1.807) is 6.20 Å². The Balaban J connectivity index is 1.40. The summed E-state index contributed by atoms with van der Waals surface area (Å²) in [7, 11) is 0. The Morgan fingerprint density at radius 1 is 1.06 bits per heavy atom. The highest BCUT2D eigenvalue weighted by Gasteiger charge is 2.17. The molecule has 31 heavy (non-hydrogen) atoms. The predicted octanol–water partition coefficient (Wildman–Crippen LogP) is 4.24. The molecule has 7 nitrogen and oxygen atoms in total. The van der Waals surface area contributed by atoms with E-state index in [2.05, 4.69) is 31.6 Å². The fourth-order valence-electron chi connectivity index (χ4n) is 4.18. The normalized spacial score (nSPS) is 15.2. The molecule has 5 rings (SSSR count). The number of carbonyl (C=O) groups excluding carboxylic acids is 1. The molecule has 2 aliphatic heterocycles. The zero-order valence-electron chi connectivity index (χ0n) is 17.1. The van der Waals surface area contributed by atoms with Crippen LogP contribution in [0.25, 0.3) is 11.3 Å². The monoisotopic (exact) mass is 410 g/mol. The van der Waals surface area contributed by atoms with Gasteiger partial charge in [-0.05, 0) is 55.2 Å². The molecule has 1 amide bonds. The van der Waals surface area contributed by atoms with Crippen molar-refractivity contribution in [2.45, 2.75) is 25.7 Å². The van der Waals surface area contributed by atoms with Crippen LogP contribution >= 0.6 is 0 Å². The van der Waals surface area contributed by atoms with Crippen LogP contribution in [-0.4, -0.2) is 29.0 Å². The van der Waals surface area contributed by atoms with Crippen LogP contribution in [0.2, 0.25) is 0 Å². The Kier molecular flexibility index (Phi) is 4.97. The molecule has 0 spiro atoms. The Bertz CT molecular complexity index is 1190. The van der Waals surface area contributed by atoms with E-state index in [4.69, 9.17) is 0 Å². The number of anilines is 4. The number of nitriles is 1. The van der Waals surface area contributed by atoms with Gasteiger partial charge in [-0.25, -0.2) is 9.97 Å². The highest BCUT2D eigenvalue weighted by molar-refractivity contribution is 5.94. The van der Waals surface area contributed by atoms with Gasteiger partial charge in [-0.1, -0.05) is 12.1 Å². The molecule has 3 heterocycles. The zero-order chi connectivity index (χ0) is 21.2. The third-order valence-corrected chi connectivity index (χ3v) is 5.78. The van der Waals surface area contributed by atoms with Crippen molar-refractivity contribution in [3.05, 3.63) is 59.8 Å². The lowest BCUT2D eigenvalue weighted by molar-refractivity contribution is -0.116. The molecular weight excluding hydrogens is 388 g/mol. The third-order valence-electron chi connectivity index (χ3n) is 5.78. The fraction of sp³-hybridized carbons (Fsp3) is 0.250. The largest absolute Gasteiger partial charge is 0.370 e. The molecule has 154 valence electrons. The van der Waals surface area contributed by atoms with Gasteiger partial charge < -0.3 is 15.5 Å². The standard InChI is InChI=1S/C24H22N6O/c25-15-18-13-17(4-7-22(18)30-11-1-2-12-30)20-9-10-26-24(29-20)27-19-6-3-16-5-8-23(31)28-21(16)14-19/h3-4,6-7,9-10,13-14H,1-2,5,8,11-12H2,(H,28,31)(H,26,27,29). The van der Waals surface area contributed by atoms with Gasteiger partial charge >= 0.3 is 0 Å². The summed E-state index contributed by atoms with van der Waals surface area (Å²) < 4.78 is 0. The van der Waals surface area contributed by atoms with Gasteiger partial charge in [0, 0.05) is 42.6 Å². The molecule has 0 bridgehead atoms. The molecule has 2 aliphatic rings. The number of aryl methyl sites for hydroxylation is 1. The average molecular weight is 410 g/mol.